The van der Waals surface area contributed by atoms with Crippen LogP contribution >= 0.6 is 0 Å². The number of hydrogen-bond donors (Lipinski definition) is 1. The fourth-order valence-corrected chi connectivity index (χ4v) is 2.40. The van der Waals surface area contributed by atoms with E-state index < -0.39 is 5.97 Å². The molecule has 0 aliphatic carbocycles. The van der Waals surface area contributed by atoms with Crippen molar-refractivity contribution >= 4 is 5.97 Å². The summed E-state index contributed by atoms with van der Waals surface area (Å²) in [5.74, 6) is -0.261. The van der Waals surface area contributed by atoms with Crippen molar-refractivity contribution in [2.75, 3.05) is 7.11 Å². The molecule has 2 aromatic carbocycles. The maximum atomic E-state index is 11.2. The van der Waals surface area contributed by atoms with Gasteiger partial charge in [0.15, 0.2) is 0 Å². The molecule has 1 N–H and O–H groups in total. The van der Waals surface area contributed by atoms with E-state index in [1.54, 1.807) is 20.1 Å². The fraction of sp³-hybridized carbons (Fsp3) is 0.211. The lowest BCUT2D eigenvalue weighted by atomic mass is 9.88. The fourth-order valence-electron chi connectivity index (χ4n) is 2.40. The summed E-state index contributed by atoms with van der Waals surface area (Å²) in [4.78, 5) is 11.2. The predicted octanol–water partition coefficient (Wildman–Crippen LogP) is 4.17. The largest absolute Gasteiger partial charge is 0.497 e. The number of carboxylic acids is 1. The first-order valence-corrected chi connectivity index (χ1v) is 7.13. The van der Waals surface area contributed by atoms with E-state index in [4.69, 9.17) is 4.74 Å². The minimum absolute atomic E-state index is 0.119. The lowest BCUT2D eigenvalue weighted by Gasteiger charge is -2.16. The van der Waals surface area contributed by atoms with Crippen LogP contribution in [0.3, 0.4) is 0 Å². The quantitative estimate of drug-likeness (QED) is 0.842. The average Bonchev–Trinajstić information content (AvgIpc) is 2.52. The van der Waals surface area contributed by atoms with Gasteiger partial charge in [0.1, 0.15) is 5.75 Å². The van der Waals surface area contributed by atoms with Crippen LogP contribution in [0, 0.1) is 6.92 Å². The number of carbonyl (C=O) groups is 1. The van der Waals surface area contributed by atoms with Crippen molar-refractivity contribution < 1.29 is 14.6 Å². The van der Waals surface area contributed by atoms with Gasteiger partial charge < -0.3 is 9.84 Å². The van der Waals surface area contributed by atoms with E-state index in [2.05, 4.69) is 6.07 Å². The van der Waals surface area contributed by atoms with E-state index in [1.807, 2.05) is 49.4 Å². The first-order chi connectivity index (χ1) is 10.5. The molecular weight excluding hydrogens is 276 g/mol. The zero-order valence-corrected chi connectivity index (χ0v) is 13.0. The maximum Gasteiger partial charge on any atom is 0.330 e. The average molecular weight is 296 g/mol. The molecule has 0 saturated heterocycles. The Balaban J connectivity index is 2.54. The van der Waals surface area contributed by atoms with E-state index >= 15 is 0 Å². The molecule has 0 amide bonds. The molecule has 0 fully saturated rings. The number of carboxylic acid groups (broad SMARTS) is 1. The van der Waals surface area contributed by atoms with Crippen LogP contribution in [-0.4, -0.2) is 18.2 Å². The summed E-state index contributed by atoms with van der Waals surface area (Å²) in [6, 6.07) is 15.8. The molecule has 2 aromatic rings. The van der Waals surface area contributed by atoms with Crippen molar-refractivity contribution in [3.05, 3.63) is 76.9 Å². The number of ether oxygens (including phenoxy) is 1. The Hall–Kier alpha value is -2.55. The standard InChI is InChI=1S/C19H20O3/c1-13-6-4-7-15(10-13)18(11-14(2)19(20)21)16-8-5-9-17(12-16)22-3/h4-12,18H,1-3H3,(H,20,21). The monoisotopic (exact) mass is 296 g/mol. The summed E-state index contributed by atoms with van der Waals surface area (Å²) in [5.41, 5.74) is 3.54. The van der Waals surface area contributed by atoms with Crippen LogP contribution in [0.15, 0.2) is 60.2 Å². The highest BCUT2D eigenvalue weighted by molar-refractivity contribution is 5.86. The second-order valence-corrected chi connectivity index (χ2v) is 5.32. The molecule has 22 heavy (non-hydrogen) atoms. The van der Waals surface area contributed by atoms with Crippen LogP contribution in [0.25, 0.3) is 0 Å². The van der Waals surface area contributed by atoms with Gasteiger partial charge in [-0.15, -0.1) is 0 Å². The first kappa shape index (κ1) is 15.8. The lowest BCUT2D eigenvalue weighted by molar-refractivity contribution is -0.132. The molecule has 0 saturated carbocycles. The lowest BCUT2D eigenvalue weighted by Crippen LogP contribution is -2.04. The SMILES string of the molecule is COc1cccc(C(C=C(C)C(=O)O)c2cccc(C)c2)c1. The van der Waals surface area contributed by atoms with E-state index in [0.29, 0.717) is 5.57 Å². The molecule has 1 atom stereocenters. The summed E-state index contributed by atoms with van der Waals surface area (Å²) in [7, 11) is 1.62. The molecule has 0 spiro atoms. The molecule has 0 radical (unpaired) electrons. The van der Waals surface area contributed by atoms with Crippen molar-refractivity contribution in [3.8, 4) is 5.75 Å². The van der Waals surface area contributed by atoms with Gasteiger partial charge in [0.2, 0.25) is 0 Å². The summed E-state index contributed by atoms with van der Waals surface area (Å²) < 4.78 is 5.28. The summed E-state index contributed by atoms with van der Waals surface area (Å²) in [5, 5.41) is 9.19. The van der Waals surface area contributed by atoms with Gasteiger partial charge in [0, 0.05) is 11.5 Å². The molecule has 0 bridgehead atoms. The Morgan fingerprint density at radius 3 is 2.36 bits per heavy atom. The zero-order chi connectivity index (χ0) is 16.1. The van der Waals surface area contributed by atoms with Gasteiger partial charge in [0.05, 0.1) is 7.11 Å². The van der Waals surface area contributed by atoms with Gasteiger partial charge in [-0.2, -0.15) is 0 Å². The second-order valence-electron chi connectivity index (χ2n) is 5.32. The summed E-state index contributed by atoms with van der Waals surface area (Å²) in [6.07, 6.45) is 1.78. The van der Waals surface area contributed by atoms with E-state index in [1.165, 1.54) is 0 Å². The third-order valence-corrected chi connectivity index (χ3v) is 3.61. The van der Waals surface area contributed by atoms with Crippen LogP contribution < -0.4 is 4.74 Å². The summed E-state index contributed by atoms with van der Waals surface area (Å²) >= 11 is 0. The molecule has 1 unspecified atom stereocenters. The van der Waals surface area contributed by atoms with Crippen molar-refractivity contribution in [2.24, 2.45) is 0 Å². The minimum Gasteiger partial charge on any atom is -0.497 e. The maximum absolute atomic E-state index is 11.2. The van der Waals surface area contributed by atoms with Crippen LogP contribution in [-0.2, 0) is 4.79 Å². The molecular formula is C19H20O3. The number of aliphatic carboxylic acids is 1. The van der Waals surface area contributed by atoms with Gasteiger partial charge in [-0.25, -0.2) is 4.79 Å². The van der Waals surface area contributed by atoms with Crippen molar-refractivity contribution in [3.63, 3.8) is 0 Å². The van der Waals surface area contributed by atoms with E-state index in [9.17, 15) is 9.90 Å². The number of benzene rings is 2. The van der Waals surface area contributed by atoms with E-state index in [0.717, 1.165) is 22.4 Å². The van der Waals surface area contributed by atoms with E-state index in [-0.39, 0.29) is 5.92 Å². The normalized spacial score (nSPS) is 12.8. The predicted molar refractivity (Wildman–Crippen MR) is 87.4 cm³/mol. The molecule has 3 nitrogen and oxygen atoms in total. The molecule has 0 aliphatic rings. The third-order valence-electron chi connectivity index (χ3n) is 3.61. The zero-order valence-electron chi connectivity index (χ0n) is 13.0. The number of allylic oxidation sites excluding steroid dienone is 1. The van der Waals surface area contributed by atoms with Crippen molar-refractivity contribution in [1.82, 2.24) is 0 Å². The molecule has 114 valence electrons. The minimum atomic E-state index is -0.902. The van der Waals surface area contributed by atoms with Crippen LogP contribution in [0.2, 0.25) is 0 Å². The second kappa shape index (κ2) is 6.94. The molecule has 0 aliphatic heterocycles. The van der Waals surface area contributed by atoms with Gasteiger partial charge in [-0.3, -0.25) is 0 Å². The topological polar surface area (TPSA) is 46.5 Å². The first-order valence-electron chi connectivity index (χ1n) is 7.13. The highest BCUT2D eigenvalue weighted by Crippen LogP contribution is 2.30. The van der Waals surface area contributed by atoms with Crippen LogP contribution in [0.1, 0.15) is 29.5 Å². The van der Waals surface area contributed by atoms with Crippen LogP contribution in [0.4, 0.5) is 0 Å². The highest BCUT2D eigenvalue weighted by atomic mass is 16.5. The number of rotatable bonds is 5. The Bertz CT molecular complexity index is 701. The van der Waals surface area contributed by atoms with Crippen LogP contribution in [0.5, 0.6) is 5.75 Å². The Labute approximate surface area is 130 Å². The third kappa shape index (κ3) is 3.76. The van der Waals surface area contributed by atoms with Gasteiger partial charge >= 0.3 is 5.97 Å². The van der Waals surface area contributed by atoms with Gasteiger partial charge in [-0.05, 0) is 37.1 Å². The molecule has 0 aromatic heterocycles. The number of aryl methyl sites for hydroxylation is 1. The number of methoxy groups -OCH3 is 1. The number of hydrogen-bond acceptors (Lipinski definition) is 2. The Morgan fingerprint density at radius 1 is 1.14 bits per heavy atom. The Morgan fingerprint density at radius 2 is 1.77 bits per heavy atom. The summed E-state index contributed by atoms with van der Waals surface area (Å²) in [6.45, 7) is 3.64. The van der Waals surface area contributed by atoms with Crippen molar-refractivity contribution in [2.45, 2.75) is 19.8 Å². The molecule has 0 heterocycles. The smallest absolute Gasteiger partial charge is 0.330 e. The van der Waals surface area contributed by atoms with Gasteiger partial charge in [-0.1, -0.05) is 48.0 Å². The van der Waals surface area contributed by atoms with Gasteiger partial charge in [0.25, 0.3) is 0 Å². The molecule has 3 heteroatoms. The van der Waals surface area contributed by atoms with Crippen molar-refractivity contribution in [1.29, 1.82) is 0 Å². The molecule has 2 rings (SSSR count). The highest BCUT2D eigenvalue weighted by Gasteiger charge is 2.15. The Kier molecular flexibility index (Phi) is 4.99.